The number of ether oxygens (including phenoxy) is 1. The van der Waals surface area contributed by atoms with Gasteiger partial charge in [0.25, 0.3) is 11.5 Å². The molecule has 1 fully saturated rings. The molecule has 0 radical (unpaired) electrons. The number of amides is 1. The maximum absolute atomic E-state index is 12.7. The van der Waals surface area contributed by atoms with Gasteiger partial charge in [-0.1, -0.05) is 18.6 Å². The van der Waals surface area contributed by atoms with Crippen LogP contribution < -0.4 is 20.9 Å². The molecule has 3 aromatic heterocycles. The van der Waals surface area contributed by atoms with E-state index in [-0.39, 0.29) is 17.8 Å². The van der Waals surface area contributed by atoms with E-state index in [0.29, 0.717) is 11.5 Å². The van der Waals surface area contributed by atoms with Crippen LogP contribution in [0.4, 0.5) is 0 Å². The first-order valence-electron chi connectivity index (χ1n) is 11.5. The summed E-state index contributed by atoms with van der Waals surface area (Å²) in [5.74, 6) is 0.838. The summed E-state index contributed by atoms with van der Waals surface area (Å²) in [5, 5.41) is 7.37. The number of nitrogens with zero attached hydrogens (tertiary/aromatic N) is 3. The summed E-state index contributed by atoms with van der Waals surface area (Å²) in [6.45, 7) is 2.07. The van der Waals surface area contributed by atoms with Crippen molar-refractivity contribution in [1.29, 1.82) is 0 Å². The lowest BCUT2D eigenvalue weighted by Gasteiger charge is -2.25. The zero-order valence-electron chi connectivity index (χ0n) is 19.1. The first kappa shape index (κ1) is 22.0. The summed E-state index contributed by atoms with van der Waals surface area (Å²) in [6, 6.07) is 14.6. The van der Waals surface area contributed by atoms with Crippen molar-refractivity contribution in [3.8, 4) is 5.88 Å². The summed E-state index contributed by atoms with van der Waals surface area (Å²) in [5.41, 5.74) is 2.96. The van der Waals surface area contributed by atoms with Gasteiger partial charge in [-0.3, -0.25) is 14.0 Å². The lowest BCUT2D eigenvalue weighted by atomic mass is 9.85. The van der Waals surface area contributed by atoms with Crippen LogP contribution in [0.1, 0.15) is 40.9 Å². The van der Waals surface area contributed by atoms with Crippen LogP contribution in [-0.4, -0.2) is 33.9 Å². The molecule has 34 heavy (non-hydrogen) atoms. The molecule has 1 aliphatic rings. The highest BCUT2D eigenvalue weighted by atomic mass is 16.5. The number of nitrogens with one attached hydrogen (secondary N) is 2. The van der Waals surface area contributed by atoms with E-state index in [4.69, 9.17) is 4.74 Å². The Kier molecular flexibility index (Phi) is 6.22. The number of hydrogen-bond donors (Lipinski definition) is 2. The highest BCUT2D eigenvalue weighted by Gasteiger charge is 2.16. The predicted octanol–water partition coefficient (Wildman–Crippen LogP) is 3.07. The van der Waals surface area contributed by atoms with E-state index >= 15 is 0 Å². The second-order valence-corrected chi connectivity index (χ2v) is 8.70. The Morgan fingerprint density at radius 2 is 2.00 bits per heavy atom. The average molecular weight is 458 g/mol. The van der Waals surface area contributed by atoms with Crippen molar-refractivity contribution in [3.05, 3.63) is 81.9 Å². The number of fused-ring (bicyclic) bond motifs is 2. The quantitative estimate of drug-likeness (QED) is 0.422. The lowest BCUT2D eigenvalue weighted by Crippen LogP contribution is -2.27. The fraction of sp³-hybridized carbons (Fsp3) is 0.308. The summed E-state index contributed by atoms with van der Waals surface area (Å²) in [7, 11) is 1.56. The Morgan fingerprint density at radius 3 is 2.79 bits per heavy atom. The van der Waals surface area contributed by atoms with Crippen LogP contribution in [-0.2, 0) is 13.1 Å². The fourth-order valence-corrected chi connectivity index (χ4v) is 4.22. The van der Waals surface area contributed by atoms with Crippen LogP contribution in [0, 0.1) is 5.92 Å². The molecule has 4 aromatic rings. The molecule has 1 aliphatic carbocycles. The highest BCUT2D eigenvalue weighted by Crippen LogP contribution is 2.26. The van der Waals surface area contributed by atoms with Crippen LogP contribution >= 0.6 is 0 Å². The van der Waals surface area contributed by atoms with Gasteiger partial charge in [0.15, 0.2) is 0 Å². The molecule has 174 valence electrons. The molecule has 0 aliphatic heterocycles. The number of pyridine rings is 2. The number of benzene rings is 1. The van der Waals surface area contributed by atoms with E-state index in [1.54, 1.807) is 31.5 Å². The highest BCUT2D eigenvalue weighted by molar-refractivity contribution is 5.92. The summed E-state index contributed by atoms with van der Waals surface area (Å²) in [6.07, 6.45) is 5.62. The van der Waals surface area contributed by atoms with E-state index in [2.05, 4.69) is 32.7 Å². The second-order valence-electron chi connectivity index (χ2n) is 8.70. The van der Waals surface area contributed by atoms with Crippen LogP contribution in [0.15, 0.2) is 59.5 Å². The molecule has 8 heteroatoms. The molecule has 3 heterocycles. The van der Waals surface area contributed by atoms with Crippen LogP contribution in [0.5, 0.6) is 5.88 Å². The predicted molar refractivity (Wildman–Crippen MR) is 130 cm³/mol. The number of carbonyl (C=O) groups excluding carboxylic acids is 1. The Balaban J connectivity index is 1.32. The number of aromatic nitrogens is 3. The number of hydrogen-bond acceptors (Lipinski definition) is 6. The SMILES string of the molecule is COc1nc2ccc(CNCC3CCC3)cc2cc1CNC(=O)c1cc(=O)n2ccccc2n1. The van der Waals surface area contributed by atoms with Crippen molar-refractivity contribution in [2.75, 3.05) is 13.7 Å². The second kappa shape index (κ2) is 9.61. The van der Waals surface area contributed by atoms with Crippen molar-refractivity contribution in [2.24, 2.45) is 5.92 Å². The first-order chi connectivity index (χ1) is 16.6. The molecule has 0 bridgehead atoms. The van der Waals surface area contributed by atoms with Gasteiger partial charge in [0.1, 0.15) is 11.3 Å². The molecule has 5 rings (SSSR count). The topological polar surface area (TPSA) is 97.6 Å². The first-order valence-corrected chi connectivity index (χ1v) is 11.5. The van der Waals surface area contributed by atoms with Crippen molar-refractivity contribution >= 4 is 22.5 Å². The minimum absolute atomic E-state index is 0.0729. The molecule has 8 nitrogen and oxygen atoms in total. The van der Waals surface area contributed by atoms with E-state index in [9.17, 15) is 9.59 Å². The zero-order chi connectivity index (χ0) is 23.5. The van der Waals surface area contributed by atoms with Crippen molar-refractivity contribution < 1.29 is 9.53 Å². The monoisotopic (exact) mass is 457 g/mol. The Bertz CT molecular complexity index is 1410. The molecule has 1 amide bonds. The van der Waals surface area contributed by atoms with Gasteiger partial charge >= 0.3 is 0 Å². The molecular formula is C26H27N5O3. The lowest BCUT2D eigenvalue weighted by molar-refractivity contribution is 0.0945. The van der Waals surface area contributed by atoms with E-state index < -0.39 is 5.91 Å². The van der Waals surface area contributed by atoms with E-state index in [1.807, 2.05) is 12.1 Å². The van der Waals surface area contributed by atoms with Gasteiger partial charge in [0, 0.05) is 36.3 Å². The molecule has 0 atom stereocenters. The van der Waals surface area contributed by atoms with Gasteiger partial charge in [0.2, 0.25) is 5.88 Å². The number of methoxy groups -OCH3 is 1. The minimum atomic E-state index is -0.431. The van der Waals surface area contributed by atoms with Gasteiger partial charge in [-0.15, -0.1) is 0 Å². The van der Waals surface area contributed by atoms with Crippen molar-refractivity contribution in [3.63, 3.8) is 0 Å². The molecule has 0 spiro atoms. The Labute approximate surface area is 197 Å². The average Bonchev–Trinajstić information content (AvgIpc) is 2.83. The number of carbonyl (C=O) groups is 1. The summed E-state index contributed by atoms with van der Waals surface area (Å²) < 4.78 is 6.86. The van der Waals surface area contributed by atoms with Crippen LogP contribution in [0.25, 0.3) is 16.6 Å². The number of rotatable bonds is 8. The van der Waals surface area contributed by atoms with Crippen LogP contribution in [0.2, 0.25) is 0 Å². The molecule has 1 aromatic carbocycles. The van der Waals surface area contributed by atoms with Gasteiger partial charge in [-0.25, -0.2) is 9.97 Å². The largest absolute Gasteiger partial charge is 0.481 e. The van der Waals surface area contributed by atoms with Gasteiger partial charge < -0.3 is 15.4 Å². The Morgan fingerprint density at radius 1 is 1.12 bits per heavy atom. The van der Waals surface area contributed by atoms with Gasteiger partial charge in [0.05, 0.1) is 12.6 Å². The third kappa shape index (κ3) is 4.63. The van der Waals surface area contributed by atoms with Crippen molar-refractivity contribution in [2.45, 2.75) is 32.4 Å². The normalized spacial score (nSPS) is 13.7. The third-order valence-corrected chi connectivity index (χ3v) is 6.34. The molecule has 0 saturated heterocycles. The molecule has 2 N–H and O–H groups in total. The van der Waals surface area contributed by atoms with Gasteiger partial charge in [-0.05, 0) is 61.2 Å². The minimum Gasteiger partial charge on any atom is -0.481 e. The maximum Gasteiger partial charge on any atom is 0.270 e. The standard InChI is InChI=1S/C26H27N5O3/c1-34-26-20(16-28-25(33)22-13-24(32)31-10-3-2-7-23(31)29-22)12-19-11-18(8-9-21(19)30-26)15-27-14-17-5-4-6-17/h2-3,7-13,17,27H,4-6,14-16H2,1H3,(H,28,33). The van der Waals surface area contributed by atoms with Crippen molar-refractivity contribution in [1.82, 2.24) is 25.0 Å². The van der Waals surface area contributed by atoms with Crippen LogP contribution in [0.3, 0.4) is 0 Å². The third-order valence-electron chi connectivity index (χ3n) is 6.34. The van der Waals surface area contributed by atoms with E-state index in [0.717, 1.165) is 35.5 Å². The zero-order valence-corrected chi connectivity index (χ0v) is 19.1. The maximum atomic E-state index is 12.7. The Hall–Kier alpha value is -3.78. The van der Waals surface area contributed by atoms with E-state index in [1.165, 1.54) is 35.3 Å². The fourth-order valence-electron chi connectivity index (χ4n) is 4.22. The summed E-state index contributed by atoms with van der Waals surface area (Å²) in [4.78, 5) is 33.9. The summed E-state index contributed by atoms with van der Waals surface area (Å²) >= 11 is 0. The molecular weight excluding hydrogens is 430 g/mol. The van der Waals surface area contributed by atoms with Gasteiger partial charge in [-0.2, -0.15) is 0 Å². The molecule has 0 unspecified atom stereocenters. The smallest absolute Gasteiger partial charge is 0.270 e. The molecule has 1 saturated carbocycles.